The topological polar surface area (TPSA) is 124 Å². The molecule has 0 radical (unpaired) electrons. The molecule has 0 saturated carbocycles. The van der Waals surface area contributed by atoms with Crippen molar-refractivity contribution in [1.29, 1.82) is 5.26 Å². The van der Waals surface area contributed by atoms with E-state index in [1.165, 1.54) is 40.3 Å². The predicted octanol–water partition coefficient (Wildman–Crippen LogP) is 3.33. The number of aromatic nitrogens is 4. The second-order valence-corrected chi connectivity index (χ2v) is 7.81. The molecule has 170 valence electrons. The monoisotopic (exact) mass is 483 g/mol. The molecule has 4 aromatic rings. The number of anilines is 2. The summed E-state index contributed by atoms with van der Waals surface area (Å²) < 4.78 is 43.5. The van der Waals surface area contributed by atoms with Crippen LogP contribution >= 0.6 is 11.3 Å². The van der Waals surface area contributed by atoms with Gasteiger partial charge in [0.15, 0.2) is 11.5 Å². The third-order valence-electron chi connectivity index (χ3n) is 4.82. The molecule has 0 unspecified atom stereocenters. The fraction of sp³-hybridized carbons (Fsp3) is 0.100. The first-order valence-electron chi connectivity index (χ1n) is 9.62. The number of thiazole rings is 1. The molecule has 1 aliphatic rings. The number of nitrogens with zero attached hydrogens (tertiary/aromatic N) is 7. The molecule has 0 atom stereocenters. The molecule has 4 heterocycles. The number of carbonyl (C=O) groups excluding carboxylic acids is 1. The summed E-state index contributed by atoms with van der Waals surface area (Å²) in [6.07, 6.45) is -1.25. The number of hydrazine groups is 1. The number of alkyl halides is 3. The van der Waals surface area contributed by atoms with Gasteiger partial charge in [-0.2, -0.15) is 33.8 Å². The summed E-state index contributed by atoms with van der Waals surface area (Å²) in [6, 6.07) is 7.99. The number of rotatable bonds is 4. The fourth-order valence-electron chi connectivity index (χ4n) is 3.41. The minimum atomic E-state index is -4.89. The normalized spacial score (nSPS) is 13.4. The van der Waals surface area contributed by atoms with Gasteiger partial charge in [0.05, 0.1) is 46.1 Å². The molecule has 10 nitrogen and oxygen atoms in total. The molecule has 0 saturated heterocycles. The number of hydrogen-bond acceptors (Lipinski definition) is 9. The molecule has 0 fully saturated rings. The molecule has 0 aliphatic carbocycles. The van der Waals surface area contributed by atoms with Crippen LogP contribution in [-0.4, -0.2) is 38.4 Å². The Bertz CT molecular complexity index is 1480. The lowest BCUT2D eigenvalue weighted by Gasteiger charge is -2.15. The van der Waals surface area contributed by atoms with Gasteiger partial charge in [-0.15, -0.1) is 11.3 Å². The molecule has 1 amide bonds. The summed E-state index contributed by atoms with van der Waals surface area (Å²) in [5, 5.41) is 20.9. The van der Waals surface area contributed by atoms with Gasteiger partial charge in [-0.3, -0.25) is 4.79 Å². The Labute approximate surface area is 192 Å². The Balaban J connectivity index is 1.51. The van der Waals surface area contributed by atoms with Crippen LogP contribution in [-0.2, 0) is 6.18 Å². The van der Waals surface area contributed by atoms with Crippen LogP contribution in [0.4, 0.5) is 24.7 Å². The molecular weight excluding hydrogens is 471 g/mol. The third-order valence-corrected chi connectivity index (χ3v) is 5.62. The highest BCUT2D eigenvalue weighted by molar-refractivity contribution is 7.16. The minimum Gasteiger partial charge on any atom is -0.320 e. The lowest BCUT2D eigenvalue weighted by molar-refractivity contribution is -0.143. The van der Waals surface area contributed by atoms with Gasteiger partial charge >= 0.3 is 6.18 Å². The number of nitrogens with one attached hydrogen (secondary N) is 2. The zero-order chi connectivity index (χ0) is 23.9. The number of halogens is 3. The second kappa shape index (κ2) is 8.21. The lowest BCUT2D eigenvalue weighted by Crippen LogP contribution is -2.29. The Kier molecular flexibility index (Phi) is 5.19. The van der Waals surface area contributed by atoms with Gasteiger partial charge in [0.25, 0.3) is 5.91 Å². The van der Waals surface area contributed by atoms with Crippen LogP contribution in [0.1, 0.15) is 21.6 Å². The maximum atomic E-state index is 14.1. The van der Waals surface area contributed by atoms with E-state index in [9.17, 15) is 23.2 Å². The van der Waals surface area contributed by atoms with Crippen molar-refractivity contribution in [2.45, 2.75) is 6.18 Å². The Morgan fingerprint density at radius 3 is 2.85 bits per heavy atom. The number of para-hydroxylation sites is 1. The van der Waals surface area contributed by atoms with Crippen molar-refractivity contribution in [3.63, 3.8) is 0 Å². The Morgan fingerprint density at radius 1 is 1.26 bits per heavy atom. The summed E-state index contributed by atoms with van der Waals surface area (Å²) in [7, 11) is 0. The first-order chi connectivity index (χ1) is 16.4. The summed E-state index contributed by atoms with van der Waals surface area (Å²) in [5.41, 5.74) is 2.98. The van der Waals surface area contributed by atoms with Crippen molar-refractivity contribution >= 4 is 45.2 Å². The molecular formula is C20H12F3N9OS. The highest BCUT2D eigenvalue weighted by Gasteiger charge is 2.41. The van der Waals surface area contributed by atoms with E-state index in [4.69, 9.17) is 0 Å². The quantitative estimate of drug-likeness (QED) is 0.456. The molecule has 0 spiro atoms. The summed E-state index contributed by atoms with van der Waals surface area (Å²) >= 11 is 1.28. The van der Waals surface area contributed by atoms with Crippen molar-refractivity contribution < 1.29 is 18.0 Å². The number of fused-ring (bicyclic) bond motifs is 1. The predicted molar refractivity (Wildman–Crippen MR) is 118 cm³/mol. The first kappa shape index (κ1) is 21.5. The minimum absolute atomic E-state index is 0.0379. The fourth-order valence-corrected chi connectivity index (χ4v) is 4.11. The number of pyridine rings is 1. The highest BCUT2D eigenvalue weighted by Crippen LogP contribution is 2.36. The van der Waals surface area contributed by atoms with Crippen molar-refractivity contribution in [1.82, 2.24) is 25.2 Å². The second-order valence-electron chi connectivity index (χ2n) is 6.93. The SMILES string of the molecule is N#Cc1cc(NC(=O)c2cnn(-c3cccc4scnc34)c2C(F)(F)F)cnc1N1N=CCN1. The van der Waals surface area contributed by atoms with E-state index >= 15 is 0 Å². The van der Waals surface area contributed by atoms with E-state index in [2.05, 4.69) is 30.9 Å². The maximum absolute atomic E-state index is 14.1. The molecule has 14 heteroatoms. The molecule has 3 aromatic heterocycles. The number of carbonyl (C=O) groups is 1. The average molecular weight is 483 g/mol. The van der Waals surface area contributed by atoms with Crippen LogP contribution in [0.3, 0.4) is 0 Å². The highest BCUT2D eigenvalue weighted by atomic mass is 32.1. The van der Waals surface area contributed by atoms with Gasteiger partial charge in [-0.25, -0.2) is 20.1 Å². The van der Waals surface area contributed by atoms with E-state index in [1.807, 2.05) is 6.07 Å². The van der Waals surface area contributed by atoms with E-state index in [0.29, 0.717) is 21.4 Å². The van der Waals surface area contributed by atoms with E-state index < -0.39 is 23.3 Å². The van der Waals surface area contributed by atoms with Crippen LogP contribution < -0.4 is 15.9 Å². The van der Waals surface area contributed by atoms with Crippen LogP contribution in [0.5, 0.6) is 0 Å². The Hall–Kier alpha value is -4.35. The summed E-state index contributed by atoms with van der Waals surface area (Å²) in [4.78, 5) is 21.1. The molecule has 0 bridgehead atoms. The standard InChI is InChI=1S/C20H12F3N9OS/c21-20(22,23)17-13(9-29-31(17)14-2-1-3-15-16(14)26-10-34-15)19(33)30-12-6-11(7-24)18(25-8-12)32-27-4-5-28-32/h1-4,6,8-10,28H,5H2,(H,30,33). The number of hydrazone groups is 1. The first-order valence-corrected chi connectivity index (χ1v) is 10.5. The maximum Gasteiger partial charge on any atom is 0.434 e. The number of hydrogen-bond donors (Lipinski definition) is 2. The van der Waals surface area contributed by atoms with Crippen LogP contribution in [0, 0.1) is 11.3 Å². The smallest absolute Gasteiger partial charge is 0.320 e. The third kappa shape index (κ3) is 3.72. The van der Waals surface area contributed by atoms with Crippen molar-refractivity contribution in [3.8, 4) is 11.8 Å². The van der Waals surface area contributed by atoms with E-state index in [0.717, 1.165) is 6.20 Å². The van der Waals surface area contributed by atoms with Crippen LogP contribution in [0.15, 0.2) is 47.3 Å². The zero-order valence-corrected chi connectivity index (χ0v) is 17.7. The van der Waals surface area contributed by atoms with E-state index in [1.54, 1.807) is 18.3 Å². The van der Waals surface area contributed by atoms with Crippen molar-refractivity contribution in [3.05, 3.63) is 59.0 Å². The van der Waals surface area contributed by atoms with Gasteiger partial charge in [0.1, 0.15) is 17.1 Å². The molecule has 1 aromatic carbocycles. The van der Waals surface area contributed by atoms with E-state index in [-0.39, 0.29) is 22.8 Å². The lowest BCUT2D eigenvalue weighted by atomic mass is 10.2. The molecule has 2 N–H and O–H groups in total. The van der Waals surface area contributed by atoms with Gasteiger partial charge in [0.2, 0.25) is 0 Å². The number of nitriles is 1. The summed E-state index contributed by atoms with van der Waals surface area (Å²) in [5.74, 6) is -0.866. The molecule has 5 rings (SSSR count). The van der Waals surface area contributed by atoms with Crippen molar-refractivity contribution in [2.24, 2.45) is 5.10 Å². The number of amides is 1. The number of benzene rings is 1. The average Bonchev–Trinajstić information content (AvgIpc) is 3.58. The molecule has 1 aliphatic heterocycles. The van der Waals surface area contributed by atoms with Crippen molar-refractivity contribution in [2.75, 3.05) is 17.0 Å². The zero-order valence-electron chi connectivity index (χ0n) is 16.9. The molecule has 34 heavy (non-hydrogen) atoms. The van der Waals surface area contributed by atoms with Gasteiger partial charge < -0.3 is 5.32 Å². The largest absolute Gasteiger partial charge is 0.434 e. The van der Waals surface area contributed by atoms with Gasteiger partial charge in [0, 0.05) is 6.21 Å². The van der Waals surface area contributed by atoms with Gasteiger partial charge in [-0.05, 0) is 18.2 Å². The Morgan fingerprint density at radius 2 is 2.12 bits per heavy atom. The van der Waals surface area contributed by atoms with Crippen LogP contribution in [0.25, 0.3) is 15.9 Å². The summed E-state index contributed by atoms with van der Waals surface area (Å²) in [6.45, 7) is 0.448. The van der Waals surface area contributed by atoms with Crippen LogP contribution in [0.2, 0.25) is 0 Å². The van der Waals surface area contributed by atoms with Gasteiger partial charge in [-0.1, -0.05) is 6.07 Å².